The second-order valence-electron chi connectivity index (χ2n) is 6.09. The molecule has 0 unspecified atom stereocenters. The molecule has 0 bridgehead atoms. The molecule has 5 nitrogen and oxygen atoms in total. The fraction of sp³-hybridized carbons (Fsp3) is 0.235. The first kappa shape index (κ1) is 15.7. The first-order valence-corrected chi connectivity index (χ1v) is 6.99. The molecule has 22 heavy (non-hydrogen) atoms. The molecular formula is C17H21N3O2. The summed E-state index contributed by atoms with van der Waals surface area (Å²) in [5, 5.41) is 2.69. The van der Waals surface area contributed by atoms with Crippen molar-refractivity contribution in [3.8, 4) is 11.1 Å². The van der Waals surface area contributed by atoms with Gasteiger partial charge >= 0.3 is 6.09 Å². The molecule has 0 atom stereocenters. The van der Waals surface area contributed by atoms with E-state index in [4.69, 9.17) is 16.2 Å². The third kappa shape index (κ3) is 4.41. The lowest BCUT2D eigenvalue weighted by atomic mass is 10.0. The maximum absolute atomic E-state index is 11.8. The number of carbonyl (C=O) groups excluding carboxylic acids is 1. The summed E-state index contributed by atoms with van der Waals surface area (Å²) >= 11 is 0. The number of ether oxygens (including phenoxy) is 1. The van der Waals surface area contributed by atoms with Crippen LogP contribution in [0.2, 0.25) is 0 Å². The average Bonchev–Trinajstić information content (AvgIpc) is 2.36. The quantitative estimate of drug-likeness (QED) is 0.734. The van der Waals surface area contributed by atoms with Crippen molar-refractivity contribution >= 4 is 23.2 Å². The first-order valence-electron chi connectivity index (χ1n) is 6.99. The average molecular weight is 299 g/mol. The van der Waals surface area contributed by atoms with Gasteiger partial charge < -0.3 is 16.2 Å². The molecule has 0 aliphatic heterocycles. The number of nitrogen functional groups attached to an aromatic ring is 2. The highest BCUT2D eigenvalue weighted by molar-refractivity contribution is 5.87. The molecule has 2 rings (SSSR count). The van der Waals surface area contributed by atoms with Crippen molar-refractivity contribution in [2.75, 3.05) is 16.8 Å². The van der Waals surface area contributed by atoms with E-state index in [0.717, 1.165) is 11.1 Å². The molecular weight excluding hydrogens is 278 g/mol. The predicted octanol–water partition coefficient (Wildman–Crippen LogP) is 3.87. The molecule has 5 N–H and O–H groups in total. The Morgan fingerprint density at radius 3 is 2.18 bits per heavy atom. The Morgan fingerprint density at radius 1 is 0.955 bits per heavy atom. The molecule has 0 radical (unpaired) electrons. The maximum Gasteiger partial charge on any atom is 0.412 e. The third-order valence-corrected chi connectivity index (χ3v) is 2.84. The number of nitrogens with two attached hydrogens (primary N) is 2. The second kappa shape index (κ2) is 5.97. The highest BCUT2D eigenvalue weighted by Gasteiger charge is 2.16. The van der Waals surface area contributed by atoms with Gasteiger partial charge in [0.05, 0.1) is 0 Å². The summed E-state index contributed by atoms with van der Waals surface area (Å²) in [6.07, 6.45) is -0.513. The maximum atomic E-state index is 11.8. The number of rotatable bonds is 2. The summed E-state index contributed by atoms with van der Waals surface area (Å²) in [7, 11) is 0. The van der Waals surface area contributed by atoms with Crippen molar-refractivity contribution in [2.24, 2.45) is 0 Å². The van der Waals surface area contributed by atoms with Crippen LogP contribution < -0.4 is 16.8 Å². The van der Waals surface area contributed by atoms with Crippen LogP contribution in [0.5, 0.6) is 0 Å². The Hall–Kier alpha value is -2.69. The molecule has 0 aliphatic rings. The zero-order chi connectivity index (χ0) is 16.3. The minimum Gasteiger partial charge on any atom is -0.444 e. The number of anilines is 3. The summed E-state index contributed by atoms with van der Waals surface area (Å²) in [6.45, 7) is 5.43. The highest BCUT2D eigenvalue weighted by atomic mass is 16.6. The molecule has 2 aromatic rings. The van der Waals surface area contributed by atoms with Gasteiger partial charge in [-0.3, -0.25) is 5.32 Å². The first-order chi connectivity index (χ1) is 10.2. The van der Waals surface area contributed by atoms with Crippen molar-refractivity contribution in [3.05, 3.63) is 42.5 Å². The largest absolute Gasteiger partial charge is 0.444 e. The van der Waals surface area contributed by atoms with Crippen LogP contribution in [0.15, 0.2) is 42.5 Å². The molecule has 116 valence electrons. The zero-order valence-corrected chi connectivity index (χ0v) is 13.0. The van der Waals surface area contributed by atoms with Crippen LogP contribution in [0.4, 0.5) is 21.9 Å². The Kier molecular flexibility index (Phi) is 4.26. The van der Waals surface area contributed by atoms with Crippen LogP contribution in [0, 0.1) is 0 Å². The Labute approximate surface area is 130 Å². The van der Waals surface area contributed by atoms with Gasteiger partial charge in [0.15, 0.2) is 0 Å². The van der Waals surface area contributed by atoms with Gasteiger partial charge in [-0.15, -0.1) is 0 Å². The molecule has 0 heterocycles. The zero-order valence-electron chi connectivity index (χ0n) is 13.0. The summed E-state index contributed by atoms with van der Waals surface area (Å²) in [6, 6.07) is 12.8. The molecule has 0 saturated carbocycles. The van der Waals surface area contributed by atoms with Crippen molar-refractivity contribution in [2.45, 2.75) is 26.4 Å². The number of carbonyl (C=O) groups is 1. The van der Waals surface area contributed by atoms with E-state index in [1.807, 2.05) is 57.2 Å². The number of nitrogens with one attached hydrogen (secondary N) is 1. The summed E-state index contributed by atoms with van der Waals surface area (Å²) in [4.78, 5) is 11.8. The van der Waals surface area contributed by atoms with Gasteiger partial charge in [0.25, 0.3) is 0 Å². The summed E-state index contributed by atoms with van der Waals surface area (Å²) in [5.41, 5.74) is 14.7. The topological polar surface area (TPSA) is 90.4 Å². The van der Waals surface area contributed by atoms with E-state index in [9.17, 15) is 4.79 Å². The van der Waals surface area contributed by atoms with Gasteiger partial charge in [-0.1, -0.05) is 12.1 Å². The fourth-order valence-corrected chi connectivity index (χ4v) is 1.99. The Balaban J connectivity index is 2.23. The van der Waals surface area contributed by atoms with Crippen LogP contribution in [0.25, 0.3) is 11.1 Å². The molecule has 0 fully saturated rings. The Morgan fingerprint density at radius 2 is 1.59 bits per heavy atom. The van der Waals surface area contributed by atoms with Crippen LogP contribution in [0.1, 0.15) is 20.8 Å². The van der Waals surface area contributed by atoms with Gasteiger partial charge in [0.1, 0.15) is 5.60 Å². The van der Waals surface area contributed by atoms with E-state index in [2.05, 4.69) is 5.32 Å². The molecule has 5 heteroatoms. The van der Waals surface area contributed by atoms with Crippen molar-refractivity contribution in [1.29, 1.82) is 0 Å². The molecule has 0 spiro atoms. The number of hydrogen-bond acceptors (Lipinski definition) is 4. The van der Waals surface area contributed by atoms with Gasteiger partial charge in [0, 0.05) is 17.1 Å². The number of hydrogen-bond donors (Lipinski definition) is 3. The summed E-state index contributed by atoms with van der Waals surface area (Å²) < 4.78 is 5.24. The fourth-order valence-electron chi connectivity index (χ4n) is 1.99. The minimum absolute atomic E-state index is 0.513. The third-order valence-electron chi connectivity index (χ3n) is 2.84. The van der Waals surface area contributed by atoms with Gasteiger partial charge in [-0.25, -0.2) is 4.79 Å². The Bertz CT molecular complexity index is 673. The van der Waals surface area contributed by atoms with E-state index in [-0.39, 0.29) is 0 Å². The van der Waals surface area contributed by atoms with Crippen LogP contribution in [-0.4, -0.2) is 11.7 Å². The predicted molar refractivity (Wildman–Crippen MR) is 90.6 cm³/mol. The molecule has 0 aromatic heterocycles. The molecule has 2 aromatic carbocycles. The van der Waals surface area contributed by atoms with E-state index >= 15 is 0 Å². The monoisotopic (exact) mass is 299 g/mol. The van der Waals surface area contributed by atoms with E-state index in [1.165, 1.54) is 0 Å². The highest BCUT2D eigenvalue weighted by Crippen LogP contribution is 2.27. The van der Waals surface area contributed by atoms with E-state index in [0.29, 0.717) is 17.1 Å². The van der Waals surface area contributed by atoms with Crippen LogP contribution in [0.3, 0.4) is 0 Å². The minimum atomic E-state index is -0.551. The SMILES string of the molecule is CC(C)(C)OC(=O)Nc1cc(N)cc(-c2ccc(N)cc2)c1. The number of benzene rings is 2. The molecule has 1 amide bonds. The van der Waals surface area contributed by atoms with Crippen LogP contribution >= 0.6 is 0 Å². The van der Waals surface area contributed by atoms with Crippen molar-refractivity contribution in [1.82, 2.24) is 0 Å². The lowest BCUT2D eigenvalue weighted by Crippen LogP contribution is -2.27. The summed E-state index contributed by atoms with van der Waals surface area (Å²) in [5.74, 6) is 0. The molecule has 0 saturated heterocycles. The van der Waals surface area contributed by atoms with Gasteiger partial charge in [0.2, 0.25) is 0 Å². The van der Waals surface area contributed by atoms with Gasteiger partial charge in [-0.2, -0.15) is 0 Å². The normalized spacial score (nSPS) is 11.0. The van der Waals surface area contributed by atoms with E-state index in [1.54, 1.807) is 6.07 Å². The lowest BCUT2D eigenvalue weighted by molar-refractivity contribution is 0.0636. The smallest absolute Gasteiger partial charge is 0.412 e. The molecule has 0 aliphatic carbocycles. The number of amides is 1. The lowest BCUT2D eigenvalue weighted by Gasteiger charge is -2.20. The van der Waals surface area contributed by atoms with Crippen molar-refractivity contribution < 1.29 is 9.53 Å². The second-order valence-corrected chi connectivity index (χ2v) is 6.09. The van der Waals surface area contributed by atoms with Gasteiger partial charge in [-0.05, 0) is 62.2 Å². The standard InChI is InChI=1S/C17H21N3O2/c1-17(2,3)22-16(21)20-15-9-12(8-14(19)10-15)11-4-6-13(18)7-5-11/h4-10H,18-19H2,1-3H3,(H,20,21). The van der Waals surface area contributed by atoms with Crippen molar-refractivity contribution in [3.63, 3.8) is 0 Å². The van der Waals surface area contributed by atoms with E-state index < -0.39 is 11.7 Å². The van der Waals surface area contributed by atoms with Crippen LogP contribution in [-0.2, 0) is 4.74 Å².